The fourth-order valence-electron chi connectivity index (χ4n) is 4.53. The molecule has 0 saturated carbocycles. The van der Waals surface area contributed by atoms with E-state index in [4.69, 9.17) is 25.7 Å². The fraction of sp³-hybridized carbons (Fsp3) is 0.192. The molecule has 0 amide bonds. The van der Waals surface area contributed by atoms with E-state index in [1.807, 2.05) is 36.4 Å². The van der Waals surface area contributed by atoms with Crippen molar-refractivity contribution in [3.8, 4) is 22.8 Å². The molecular weight excluding hydrogens is 454 g/mol. The van der Waals surface area contributed by atoms with Gasteiger partial charge in [-0.2, -0.15) is 0 Å². The second-order valence-corrected chi connectivity index (χ2v) is 8.80. The summed E-state index contributed by atoms with van der Waals surface area (Å²) in [4.78, 5) is 20.9. The molecule has 0 spiro atoms. The van der Waals surface area contributed by atoms with Crippen molar-refractivity contribution in [3.05, 3.63) is 71.2 Å². The molecule has 34 heavy (non-hydrogen) atoms. The maximum atomic E-state index is 11.3. The van der Waals surface area contributed by atoms with Gasteiger partial charge in [0.05, 0.1) is 16.6 Å². The second kappa shape index (κ2) is 8.27. The summed E-state index contributed by atoms with van der Waals surface area (Å²) in [5, 5.41) is 9.88. The highest BCUT2D eigenvalue weighted by Crippen LogP contribution is 2.35. The Bertz CT molecular complexity index is 1530. The van der Waals surface area contributed by atoms with E-state index >= 15 is 0 Å². The number of fused-ring (bicyclic) bond motifs is 2. The number of benzene rings is 3. The van der Waals surface area contributed by atoms with Crippen LogP contribution in [0.3, 0.4) is 0 Å². The third kappa shape index (κ3) is 3.63. The van der Waals surface area contributed by atoms with Gasteiger partial charge in [-0.05, 0) is 61.4 Å². The molecule has 0 atom stereocenters. The number of carbonyl (C=O) groups is 1. The van der Waals surface area contributed by atoms with Gasteiger partial charge in [0.2, 0.25) is 5.89 Å². The minimum absolute atomic E-state index is 0.241. The molecule has 1 aliphatic rings. The van der Waals surface area contributed by atoms with E-state index in [2.05, 4.69) is 9.55 Å². The standard InChI is InChI=1S/C26H20ClN3O4/c27-18-6-8-23-21(14-18)29-25(34-23)17-5-7-22-20(13-17)28-24(30(22)19-9-11-33-12-10-19)15-1-3-16(4-2-15)26(31)32/h1-8,13-14,19H,9-12H2,(H,31,32). The number of imidazole rings is 1. The molecule has 3 heterocycles. The lowest BCUT2D eigenvalue weighted by atomic mass is 10.1. The second-order valence-electron chi connectivity index (χ2n) is 8.37. The molecule has 170 valence electrons. The van der Waals surface area contributed by atoms with Crippen LogP contribution >= 0.6 is 11.6 Å². The number of oxazole rings is 1. The largest absolute Gasteiger partial charge is 0.478 e. The normalized spacial score (nSPS) is 14.7. The summed E-state index contributed by atoms with van der Waals surface area (Å²) < 4.78 is 13.8. The number of aromatic nitrogens is 3. The van der Waals surface area contributed by atoms with Gasteiger partial charge >= 0.3 is 5.97 Å². The van der Waals surface area contributed by atoms with Crippen LogP contribution in [0.25, 0.3) is 45.0 Å². The number of hydrogen-bond donors (Lipinski definition) is 1. The molecule has 1 saturated heterocycles. The van der Waals surface area contributed by atoms with Crippen LogP contribution in [0.4, 0.5) is 0 Å². The molecule has 1 N–H and O–H groups in total. The molecule has 0 aliphatic carbocycles. The number of hydrogen-bond acceptors (Lipinski definition) is 5. The van der Waals surface area contributed by atoms with Gasteiger partial charge in [-0.25, -0.2) is 14.8 Å². The first-order valence-corrected chi connectivity index (χ1v) is 11.4. The highest BCUT2D eigenvalue weighted by molar-refractivity contribution is 6.31. The summed E-state index contributed by atoms with van der Waals surface area (Å²) in [6.07, 6.45) is 1.78. The van der Waals surface area contributed by atoms with Gasteiger partial charge in [0.1, 0.15) is 11.3 Å². The van der Waals surface area contributed by atoms with Crippen LogP contribution in [-0.4, -0.2) is 38.8 Å². The van der Waals surface area contributed by atoms with Crippen LogP contribution in [0, 0.1) is 0 Å². The Morgan fingerprint density at radius 2 is 1.71 bits per heavy atom. The number of aromatic carboxylic acids is 1. The first-order valence-electron chi connectivity index (χ1n) is 11.1. The molecule has 1 aliphatic heterocycles. The molecule has 8 heteroatoms. The third-order valence-electron chi connectivity index (χ3n) is 6.23. The van der Waals surface area contributed by atoms with E-state index in [9.17, 15) is 9.90 Å². The number of ether oxygens (including phenoxy) is 1. The number of halogens is 1. The molecule has 2 aromatic heterocycles. The van der Waals surface area contributed by atoms with Gasteiger partial charge in [0.15, 0.2) is 5.58 Å². The van der Waals surface area contributed by atoms with Gasteiger partial charge in [0.25, 0.3) is 0 Å². The van der Waals surface area contributed by atoms with E-state index in [0.717, 1.165) is 40.8 Å². The molecule has 0 radical (unpaired) electrons. The molecule has 0 bridgehead atoms. The maximum Gasteiger partial charge on any atom is 0.335 e. The number of nitrogens with zero attached hydrogens (tertiary/aromatic N) is 3. The first-order chi connectivity index (χ1) is 16.6. The minimum Gasteiger partial charge on any atom is -0.478 e. The van der Waals surface area contributed by atoms with Crippen molar-refractivity contribution in [3.63, 3.8) is 0 Å². The number of carboxylic acid groups (broad SMARTS) is 1. The van der Waals surface area contributed by atoms with Crippen LogP contribution in [0.2, 0.25) is 5.02 Å². The van der Waals surface area contributed by atoms with Crippen molar-refractivity contribution in [1.82, 2.24) is 14.5 Å². The number of rotatable bonds is 4. The van der Waals surface area contributed by atoms with E-state index in [1.54, 1.807) is 24.3 Å². The van der Waals surface area contributed by atoms with E-state index in [-0.39, 0.29) is 11.6 Å². The molecule has 7 nitrogen and oxygen atoms in total. The highest BCUT2D eigenvalue weighted by Gasteiger charge is 2.23. The fourth-order valence-corrected chi connectivity index (χ4v) is 4.70. The van der Waals surface area contributed by atoms with Crippen LogP contribution in [0.15, 0.2) is 65.1 Å². The highest BCUT2D eigenvalue weighted by atomic mass is 35.5. The van der Waals surface area contributed by atoms with Gasteiger partial charge in [-0.15, -0.1) is 0 Å². The number of carboxylic acids is 1. The molecular formula is C26H20ClN3O4. The summed E-state index contributed by atoms with van der Waals surface area (Å²) >= 11 is 6.10. The Morgan fingerprint density at radius 3 is 2.47 bits per heavy atom. The molecule has 6 rings (SSSR count). The predicted octanol–water partition coefficient (Wildman–Crippen LogP) is 6.21. The Morgan fingerprint density at radius 1 is 0.941 bits per heavy atom. The van der Waals surface area contributed by atoms with E-state index in [0.29, 0.717) is 35.2 Å². The lowest BCUT2D eigenvalue weighted by molar-refractivity contribution is 0.0695. The Kier molecular flexibility index (Phi) is 5.08. The summed E-state index contributed by atoms with van der Waals surface area (Å²) in [6, 6.07) is 18.5. The topological polar surface area (TPSA) is 90.4 Å². The van der Waals surface area contributed by atoms with Crippen LogP contribution in [0.5, 0.6) is 0 Å². The zero-order chi connectivity index (χ0) is 23.2. The SMILES string of the molecule is O=C(O)c1ccc(-c2nc3cc(-c4nc5cc(Cl)ccc5o4)ccc3n2C2CCOCC2)cc1. The van der Waals surface area contributed by atoms with Gasteiger partial charge in [-0.3, -0.25) is 0 Å². The average Bonchev–Trinajstić information content (AvgIpc) is 3.45. The smallest absolute Gasteiger partial charge is 0.335 e. The minimum atomic E-state index is -0.950. The monoisotopic (exact) mass is 473 g/mol. The van der Waals surface area contributed by atoms with Crippen LogP contribution in [0.1, 0.15) is 29.2 Å². The third-order valence-corrected chi connectivity index (χ3v) is 6.47. The molecule has 3 aromatic carbocycles. The van der Waals surface area contributed by atoms with Gasteiger partial charge < -0.3 is 18.8 Å². The average molecular weight is 474 g/mol. The van der Waals surface area contributed by atoms with Gasteiger partial charge in [0, 0.05) is 35.4 Å². The quantitative estimate of drug-likeness (QED) is 0.333. The molecule has 5 aromatic rings. The Balaban J connectivity index is 1.49. The Labute approximate surface area is 199 Å². The first kappa shape index (κ1) is 20.9. The van der Waals surface area contributed by atoms with Crippen molar-refractivity contribution in [2.45, 2.75) is 18.9 Å². The Hall–Kier alpha value is -3.68. The van der Waals surface area contributed by atoms with Crippen molar-refractivity contribution in [2.75, 3.05) is 13.2 Å². The lowest BCUT2D eigenvalue weighted by Gasteiger charge is -2.26. The molecule has 1 fully saturated rings. The summed E-state index contributed by atoms with van der Waals surface area (Å²) in [5.41, 5.74) is 5.14. The zero-order valence-electron chi connectivity index (χ0n) is 18.1. The van der Waals surface area contributed by atoms with Crippen LogP contribution in [-0.2, 0) is 4.74 Å². The summed E-state index contributed by atoms with van der Waals surface area (Å²) in [7, 11) is 0. The van der Waals surface area contributed by atoms with Gasteiger partial charge in [-0.1, -0.05) is 23.7 Å². The van der Waals surface area contributed by atoms with E-state index < -0.39 is 5.97 Å². The summed E-state index contributed by atoms with van der Waals surface area (Å²) in [6.45, 7) is 1.40. The van der Waals surface area contributed by atoms with Crippen LogP contribution < -0.4 is 0 Å². The lowest BCUT2D eigenvalue weighted by Crippen LogP contribution is -2.20. The van der Waals surface area contributed by atoms with Crippen molar-refractivity contribution in [1.29, 1.82) is 0 Å². The molecule has 0 unspecified atom stereocenters. The predicted molar refractivity (Wildman–Crippen MR) is 129 cm³/mol. The zero-order valence-corrected chi connectivity index (χ0v) is 18.8. The van der Waals surface area contributed by atoms with Crippen molar-refractivity contribution in [2.24, 2.45) is 0 Å². The summed E-state index contributed by atoms with van der Waals surface area (Å²) in [5.74, 6) is 0.362. The maximum absolute atomic E-state index is 11.3. The van der Waals surface area contributed by atoms with E-state index in [1.165, 1.54) is 0 Å². The van der Waals surface area contributed by atoms with Crippen molar-refractivity contribution >= 4 is 39.7 Å². The van der Waals surface area contributed by atoms with Crippen molar-refractivity contribution < 1.29 is 19.1 Å².